The normalized spacial score (nSPS) is 17.6. The molecular formula is C18H28N2O. The van der Waals surface area contributed by atoms with E-state index in [4.69, 9.17) is 0 Å². The number of hydrogen-bond donors (Lipinski definition) is 2. The lowest BCUT2D eigenvalue weighted by atomic mass is 9.97. The Labute approximate surface area is 128 Å². The summed E-state index contributed by atoms with van der Waals surface area (Å²) in [7, 11) is 1.72. The molecule has 1 aromatic carbocycles. The topological polar surface area (TPSA) is 41.1 Å². The maximum atomic E-state index is 12.1. The van der Waals surface area contributed by atoms with Gasteiger partial charge in [-0.25, -0.2) is 0 Å². The summed E-state index contributed by atoms with van der Waals surface area (Å²) in [6, 6.07) is 8.89. The molecule has 0 bridgehead atoms. The van der Waals surface area contributed by atoms with Crippen LogP contribution in [0.4, 0.5) is 0 Å². The van der Waals surface area contributed by atoms with Gasteiger partial charge >= 0.3 is 0 Å². The first-order valence-electron chi connectivity index (χ1n) is 8.05. The van der Waals surface area contributed by atoms with Crippen molar-refractivity contribution in [3.05, 3.63) is 35.4 Å². The van der Waals surface area contributed by atoms with Crippen LogP contribution in [-0.4, -0.2) is 19.0 Å². The molecule has 3 heteroatoms. The van der Waals surface area contributed by atoms with Crippen molar-refractivity contribution in [3.8, 4) is 0 Å². The van der Waals surface area contributed by atoms with Crippen LogP contribution in [0.1, 0.15) is 50.3 Å². The van der Waals surface area contributed by atoms with Crippen LogP contribution < -0.4 is 10.6 Å². The highest BCUT2D eigenvalue weighted by Gasteiger charge is 2.35. The SMILES string of the molecule is CNC(=O)C(CC(C)C)NC(c1ccc(C)cc1)C1CC1. The lowest BCUT2D eigenvalue weighted by Gasteiger charge is -2.26. The molecule has 1 aliphatic carbocycles. The average Bonchev–Trinajstić information content (AvgIpc) is 3.28. The summed E-state index contributed by atoms with van der Waals surface area (Å²) in [5, 5.41) is 6.42. The Hall–Kier alpha value is -1.35. The van der Waals surface area contributed by atoms with Gasteiger partial charge in [-0.1, -0.05) is 43.7 Å². The van der Waals surface area contributed by atoms with Crippen molar-refractivity contribution < 1.29 is 4.79 Å². The number of benzene rings is 1. The van der Waals surface area contributed by atoms with Crippen LogP contribution in [0.5, 0.6) is 0 Å². The Morgan fingerprint density at radius 3 is 2.33 bits per heavy atom. The summed E-state index contributed by atoms with van der Waals surface area (Å²) in [6.45, 7) is 6.43. The van der Waals surface area contributed by atoms with Crippen molar-refractivity contribution in [2.75, 3.05) is 7.05 Å². The van der Waals surface area contributed by atoms with Crippen molar-refractivity contribution in [2.24, 2.45) is 11.8 Å². The Balaban J connectivity index is 2.13. The molecule has 3 nitrogen and oxygen atoms in total. The zero-order valence-electron chi connectivity index (χ0n) is 13.6. The lowest BCUT2D eigenvalue weighted by molar-refractivity contribution is -0.123. The maximum absolute atomic E-state index is 12.1. The van der Waals surface area contributed by atoms with Crippen LogP contribution >= 0.6 is 0 Å². The molecule has 0 spiro atoms. The van der Waals surface area contributed by atoms with Gasteiger partial charge in [0.05, 0.1) is 6.04 Å². The standard InChI is InChI=1S/C18H28N2O/c1-12(2)11-16(18(21)19-4)20-17(15-9-10-15)14-7-5-13(3)6-8-14/h5-8,12,15-17,20H,9-11H2,1-4H3,(H,19,21). The molecule has 2 N–H and O–H groups in total. The minimum Gasteiger partial charge on any atom is -0.358 e. The summed E-state index contributed by atoms with van der Waals surface area (Å²) in [6.07, 6.45) is 3.39. The molecule has 21 heavy (non-hydrogen) atoms. The molecule has 1 saturated carbocycles. The van der Waals surface area contributed by atoms with Gasteiger partial charge in [0.1, 0.15) is 0 Å². The number of carbonyl (C=O) groups excluding carboxylic acids is 1. The predicted octanol–water partition coefficient (Wildman–Crippen LogP) is 3.20. The molecule has 2 atom stereocenters. The van der Waals surface area contributed by atoms with Crippen molar-refractivity contribution in [3.63, 3.8) is 0 Å². The second-order valence-corrected chi connectivity index (χ2v) is 6.69. The largest absolute Gasteiger partial charge is 0.358 e. The van der Waals surface area contributed by atoms with E-state index >= 15 is 0 Å². The van der Waals surface area contributed by atoms with Crippen LogP contribution in [0.2, 0.25) is 0 Å². The third-order valence-electron chi connectivity index (χ3n) is 4.18. The minimum atomic E-state index is -0.109. The van der Waals surface area contributed by atoms with Crippen molar-refractivity contribution >= 4 is 5.91 Å². The van der Waals surface area contributed by atoms with E-state index in [1.54, 1.807) is 7.05 Å². The molecule has 1 aromatic rings. The first-order chi connectivity index (χ1) is 10.0. The number of amides is 1. The highest BCUT2D eigenvalue weighted by molar-refractivity contribution is 5.81. The Morgan fingerprint density at radius 2 is 1.86 bits per heavy atom. The molecule has 1 amide bonds. The monoisotopic (exact) mass is 288 g/mol. The summed E-state index contributed by atoms with van der Waals surface area (Å²) < 4.78 is 0. The van der Waals surface area contributed by atoms with Gasteiger partial charge < -0.3 is 5.32 Å². The molecule has 0 heterocycles. The Morgan fingerprint density at radius 1 is 1.24 bits per heavy atom. The molecule has 0 aliphatic heterocycles. The van der Waals surface area contributed by atoms with Gasteiger partial charge in [0.15, 0.2) is 0 Å². The third kappa shape index (κ3) is 4.57. The van der Waals surface area contributed by atoms with Crippen molar-refractivity contribution in [1.82, 2.24) is 10.6 Å². The Kier molecular flexibility index (Phi) is 5.40. The number of hydrogen-bond acceptors (Lipinski definition) is 2. The molecule has 0 aromatic heterocycles. The van der Waals surface area contributed by atoms with Gasteiger partial charge in [0, 0.05) is 13.1 Å². The number of nitrogens with one attached hydrogen (secondary N) is 2. The quantitative estimate of drug-likeness (QED) is 0.809. The van der Waals surface area contributed by atoms with Gasteiger partial charge in [-0.3, -0.25) is 10.1 Å². The molecule has 116 valence electrons. The van der Waals surface area contributed by atoms with Gasteiger partial charge in [-0.15, -0.1) is 0 Å². The predicted molar refractivity (Wildman–Crippen MR) is 87.1 cm³/mol. The molecule has 2 rings (SSSR count). The Bertz CT molecular complexity index is 463. The van der Waals surface area contributed by atoms with E-state index in [2.05, 4.69) is 55.7 Å². The van der Waals surface area contributed by atoms with Crippen LogP contribution in [0.3, 0.4) is 0 Å². The van der Waals surface area contributed by atoms with Gasteiger partial charge in [-0.2, -0.15) is 0 Å². The van der Waals surface area contributed by atoms with E-state index in [0.717, 1.165) is 6.42 Å². The smallest absolute Gasteiger partial charge is 0.236 e. The number of aryl methyl sites for hydroxylation is 1. The van der Waals surface area contributed by atoms with Crippen LogP contribution in [0, 0.1) is 18.8 Å². The fraction of sp³-hybridized carbons (Fsp3) is 0.611. The summed E-state index contributed by atoms with van der Waals surface area (Å²) in [5.41, 5.74) is 2.58. The van der Waals surface area contributed by atoms with Gasteiger partial charge in [0.2, 0.25) is 5.91 Å². The summed E-state index contributed by atoms with van der Waals surface area (Å²) >= 11 is 0. The third-order valence-corrected chi connectivity index (χ3v) is 4.18. The van der Waals surface area contributed by atoms with Crippen LogP contribution in [-0.2, 0) is 4.79 Å². The van der Waals surface area contributed by atoms with Crippen LogP contribution in [0.15, 0.2) is 24.3 Å². The molecular weight excluding hydrogens is 260 g/mol. The number of likely N-dealkylation sites (N-methyl/N-ethyl adjacent to an activating group) is 1. The molecule has 1 fully saturated rings. The van der Waals surface area contributed by atoms with E-state index in [-0.39, 0.29) is 11.9 Å². The minimum absolute atomic E-state index is 0.0986. The fourth-order valence-electron chi connectivity index (χ4n) is 2.82. The lowest BCUT2D eigenvalue weighted by Crippen LogP contribution is -2.45. The van der Waals surface area contributed by atoms with E-state index in [1.807, 2.05) is 0 Å². The average molecular weight is 288 g/mol. The first kappa shape index (κ1) is 16.0. The highest BCUT2D eigenvalue weighted by atomic mass is 16.2. The van der Waals surface area contributed by atoms with Crippen LogP contribution in [0.25, 0.3) is 0 Å². The molecule has 0 radical (unpaired) electrons. The molecule has 2 unspecified atom stereocenters. The van der Waals surface area contributed by atoms with E-state index in [1.165, 1.54) is 24.0 Å². The molecule has 0 saturated heterocycles. The summed E-state index contributed by atoms with van der Waals surface area (Å²) in [5.74, 6) is 1.27. The number of rotatable bonds is 7. The summed E-state index contributed by atoms with van der Waals surface area (Å²) in [4.78, 5) is 12.1. The van der Waals surface area contributed by atoms with E-state index in [0.29, 0.717) is 17.9 Å². The highest BCUT2D eigenvalue weighted by Crippen LogP contribution is 2.41. The zero-order chi connectivity index (χ0) is 15.4. The maximum Gasteiger partial charge on any atom is 0.236 e. The van der Waals surface area contributed by atoms with Crippen molar-refractivity contribution in [1.29, 1.82) is 0 Å². The van der Waals surface area contributed by atoms with Gasteiger partial charge in [0.25, 0.3) is 0 Å². The second-order valence-electron chi connectivity index (χ2n) is 6.69. The number of carbonyl (C=O) groups is 1. The first-order valence-corrected chi connectivity index (χ1v) is 8.05. The van der Waals surface area contributed by atoms with E-state index < -0.39 is 0 Å². The molecule has 1 aliphatic rings. The van der Waals surface area contributed by atoms with Crippen molar-refractivity contribution in [2.45, 2.75) is 52.1 Å². The second kappa shape index (κ2) is 7.08. The van der Waals surface area contributed by atoms with E-state index in [9.17, 15) is 4.79 Å². The van der Waals surface area contributed by atoms with Gasteiger partial charge in [-0.05, 0) is 43.6 Å². The zero-order valence-corrected chi connectivity index (χ0v) is 13.6. The fourth-order valence-corrected chi connectivity index (χ4v) is 2.82.